The van der Waals surface area contributed by atoms with Crippen molar-refractivity contribution in [3.63, 3.8) is 0 Å². The molecule has 1 aromatic heterocycles. The summed E-state index contributed by atoms with van der Waals surface area (Å²) in [4.78, 5) is 55.8. The minimum Gasteiger partial charge on any atom is -0.481 e. The fraction of sp³-hybridized carbons (Fsp3) is 0.321. The van der Waals surface area contributed by atoms with Crippen LogP contribution in [0.3, 0.4) is 0 Å². The fourth-order valence-corrected chi connectivity index (χ4v) is 4.57. The number of carbonyl (C=O) groups excluding carboxylic acids is 3. The van der Waals surface area contributed by atoms with E-state index in [0.717, 1.165) is 5.39 Å². The van der Waals surface area contributed by atoms with Crippen molar-refractivity contribution in [2.45, 2.75) is 32.2 Å². The van der Waals surface area contributed by atoms with E-state index in [4.69, 9.17) is 4.74 Å². The Morgan fingerprint density at radius 3 is 2.50 bits per heavy atom. The van der Waals surface area contributed by atoms with Gasteiger partial charge >= 0.3 is 5.97 Å². The predicted molar refractivity (Wildman–Crippen MR) is 136 cm³/mol. The van der Waals surface area contributed by atoms with Crippen molar-refractivity contribution in [3.8, 4) is 5.75 Å². The third kappa shape index (κ3) is 6.22. The summed E-state index contributed by atoms with van der Waals surface area (Å²) in [5.41, 5.74) is 0.0484. The highest BCUT2D eigenvalue weighted by atomic mass is 19.2. The van der Waals surface area contributed by atoms with Gasteiger partial charge in [-0.25, -0.2) is 8.78 Å². The van der Waals surface area contributed by atoms with Gasteiger partial charge in [0.05, 0.1) is 6.42 Å². The average Bonchev–Trinajstić information content (AvgIpc) is 2.94. The summed E-state index contributed by atoms with van der Waals surface area (Å²) >= 11 is 0. The molecule has 2 amide bonds. The highest BCUT2D eigenvalue weighted by Gasteiger charge is 2.32. The topological polar surface area (TPSA) is 126 Å². The maximum atomic E-state index is 14.2. The van der Waals surface area contributed by atoms with Crippen LogP contribution in [0.25, 0.3) is 10.8 Å². The van der Waals surface area contributed by atoms with E-state index < -0.39 is 65.8 Å². The molecular formula is C28H26F3N3O6. The number of fused-ring (bicyclic) bond motifs is 1. The second kappa shape index (κ2) is 12.1. The molecule has 2 aromatic carbocycles. The summed E-state index contributed by atoms with van der Waals surface area (Å²) in [7, 11) is 0. The third-order valence-electron chi connectivity index (χ3n) is 6.77. The zero-order valence-electron chi connectivity index (χ0n) is 21.5. The molecule has 1 atom stereocenters. The number of nitrogens with zero attached hydrogens (tertiary/aromatic N) is 2. The minimum atomic E-state index is -1.63. The molecule has 12 heteroatoms. The van der Waals surface area contributed by atoms with Gasteiger partial charge in [-0.15, -0.1) is 0 Å². The lowest BCUT2D eigenvalue weighted by atomic mass is 9.94. The molecule has 9 nitrogen and oxygen atoms in total. The molecule has 0 radical (unpaired) electrons. The van der Waals surface area contributed by atoms with Crippen molar-refractivity contribution in [2.75, 3.05) is 19.7 Å². The van der Waals surface area contributed by atoms with Gasteiger partial charge in [0.2, 0.25) is 11.7 Å². The SMILES string of the molecule is Cc1cc(F)c(F)c(OCC(=O)[C@H](CC(=O)O)NC(=O)C2CCN(C(=O)c3nccc4ccccc34)CC2)c1F. The highest BCUT2D eigenvalue weighted by Crippen LogP contribution is 2.27. The number of Topliss-reactive ketones (excluding diaryl/α,β-unsaturated/α-hetero) is 1. The van der Waals surface area contributed by atoms with E-state index in [1.54, 1.807) is 23.2 Å². The molecule has 0 bridgehead atoms. The van der Waals surface area contributed by atoms with E-state index in [2.05, 4.69) is 10.3 Å². The molecule has 3 aromatic rings. The molecule has 1 saturated heterocycles. The van der Waals surface area contributed by atoms with E-state index in [1.165, 1.54) is 6.92 Å². The van der Waals surface area contributed by atoms with Gasteiger partial charge in [-0.2, -0.15) is 4.39 Å². The highest BCUT2D eigenvalue weighted by molar-refractivity contribution is 6.05. The number of carboxylic acid groups (broad SMARTS) is 1. The first-order chi connectivity index (χ1) is 19.1. The maximum absolute atomic E-state index is 14.2. The number of hydrogen-bond acceptors (Lipinski definition) is 6. The van der Waals surface area contributed by atoms with Crippen LogP contribution in [0, 0.1) is 30.3 Å². The monoisotopic (exact) mass is 557 g/mol. The van der Waals surface area contributed by atoms with E-state index in [1.807, 2.05) is 18.2 Å². The number of likely N-dealkylation sites (tertiary alicyclic amines) is 1. The number of aromatic nitrogens is 1. The smallest absolute Gasteiger partial charge is 0.305 e. The lowest BCUT2D eigenvalue weighted by Crippen LogP contribution is -2.49. The van der Waals surface area contributed by atoms with Crippen molar-refractivity contribution in [1.82, 2.24) is 15.2 Å². The molecule has 40 heavy (non-hydrogen) atoms. The lowest BCUT2D eigenvalue weighted by Gasteiger charge is -2.32. The Morgan fingerprint density at radius 1 is 1.10 bits per heavy atom. The van der Waals surface area contributed by atoms with E-state index >= 15 is 0 Å². The zero-order chi connectivity index (χ0) is 29.0. The Morgan fingerprint density at radius 2 is 1.80 bits per heavy atom. The molecule has 210 valence electrons. The third-order valence-corrected chi connectivity index (χ3v) is 6.77. The molecule has 4 rings (SSSR count). The summed E-state index contributed by atoms with van der Waals surface area (Å²) in [5, 5.41) is 13.2. The second-order valence-electron chi connectivity index (χ2n) is 9.49. The normalized spacial score (nSPS) is 14.6. The molecule has 2 heterocycles. The van der Waals surface area contributed by atoms with Gasteiger partial charge in [-0.05, 0) is 42.8 Å². The number of benzene rings is 2. The number of halogens is 3. The molecule has 0 saturated carbocycles. The number of piperidine rings is 1. The fourth-order valence-electron chi connectivity index (χ4n) is 4.57. The van der Waals surface area contributed by atoms with E-state index in [9.17, 15) is 37.5 Å². The quantitative estimate of drug-likeness (QED) is 0.386. The summed E-state index contributed by atoms with van der Waals surface area (Å²) in [6, 6.07) is 8.22. The van der Waals surface area contributed by atoms with Crippen LogP contribution >= 0.6 is 0 Å². The molecular weight excluding hydrogens is 531 g/mol. The Kier molecular flexibility index (Phi) is 8.66. The van der Waals surface area contributed by atoms with Crippen molar-refractivity contribution in [1.29, 1.82) is 0 Å². The molecule has 1 fully saturated rings. The number of pyridine rings is 1. The van der Waals surface area contributed by atoms with Gasteiger partial charge in [0.25, 0.3) is 5.91 Å². The largest absolute Gasteiger partial charge is 0.481 e. The molecule has 1 aliphatic rings. The van der Waals surface area contributed by atoms with E-state index in [-0.39, 0.29) is 37.4 Å². The number of aliphatic carboxylic acids is 1. The van der Waals surface area contributed by atoms with Crippen LogP contribution in [-0.4, -0.2) is 64.3 Å². The lowest BCUT2D eigenvalue weighted by molar-refractivity contribution is -0.141. The molecule has 0 unspecified atom stereocenters. The van der Waals surface area contributed by atoms with Crippen LogP contribution in [0.15, 0.2) is 42.6 Å². The number of hydrogen-bond donors (Lipinski definition) is 2. The van der Waals surface area contributed by atoms with Gasteiger partial charge in [0, 0.05) is 30.6 Å². The summed E-state index contributed by atoms with van der Waals surface area (Å²) < 4.78 is 46.7. The van der Waals surface area contributed by atoms with Crippen LogP contribution < -0.4 is 10.1 Å². The van der Waals surface area contributed by atoms with Gasteiger partial charge in [-0.3, -0.25) is 24.2 Å². The number of ether oxygens (including phenoxy) is 1. The predicted octanol–water partition coefficient (Wildman–Crippen LogP) is 3.42. The standard InChI is InChI=1S/C28H26F3N3O6/c1-15-12-19(29)24(31)26(23(15)30)40-14-21(35)20(13-22(36)37)33-27(38)17-7-10-34(11-8-17)28(39)25-18-5-3-2-4-16(18)6-9-32-25/h2-6,9,12,17,20H,7-8,10-11,13-14H2,1H3,(H,33,38)(H,36,37)/t20-/m0/s1. The van der Waals surface area contributed by atoms with Crippen molar-refractivity contribution < 1.29 is 42.2 Å². The number of aryl methyl sites for hydroxylation is 1. The van der Waals surface area contributed by atoms with Crippen LogP contribution in [0.1, 0.15) is 35.3 Å². The second-order valence-corrected chi connectivity index (χ2v) is 9.49. The van der Waals surface area contributed by atoms with Gasteiger partial charge in [-0.1, -0.05) is 24.3 Å². The number of ketones is 1. The maximum Gasteiger partial charge on any atom is 0.305 e. The van der Waals surface area contributed by atoms with Gasteiger partial charge in [0.1, 0.15) is 18.3 Å². The van der Waals surface area contributed by atoms with Crippen molar-refractivity contribution >= 4 is 34.3 Å². The number of carbonyl (C=O) groups is 4. The summed E-state index contributed by atoms with van der Waals surface area (Å²) in [5.74, 6) is -9.18. The molecule has 2 N–H and O–H groups in total. The van der Waals surface area contributed by atoms with Gasteiger partial charge in [0.15, 0.2) is 23.2 Å². The van der Waals surface area contributed by atoms with E-state index in [0.29, 0.717) is 17.1 Å². The van der Waals surface area contributed by atoms with Crippen LogP contribution in [-0.2, 0) is 14.4 Å². The zero-order valence-corrected chi connectivity index (χ0v) is 21.5. The molecule has 1 aliphatic heterocycles. The number of rotatable bonds is 9. The Hall–Kier alpha value is -4.48. The minimum absolute atomic E-state index is 0.236. The Balaban J connectivity index is 1.37. The van der Waals surface area contributed by atoms with Crippen LogP contribution in [0.5, 0.6) is 5.75 Å². The van der Waals surface area contributed by atoms with Crippen LogP contribution in [0.4, 0.5) is 13.2 Å². The summed E-state index contributed by atoms with van der Waals surface area (Å²) in [6.45, 7) is 0.650. The number of amides is 2. The van der Waals surface area contributed by atoms with Crippen molar-refractivity contribution in [2.24, 2.45) is 5.92 Å². The van der Waals surface area contributed by atoms with Crippen molar-refractivity contribution in [3.05, 3.63) is 71.3 Å². The summed E-state index contributed by atoms with van der Waals surface area (Å²) in [6.07, 6.45) is 1.26. The first kappa shape index (κ1) is 28.5. The first-order valence-corrected chi connectivity index (χ1v) is 12.5. The molecule has 0 aliphatic carbocycles. The molecule has 0 spiro atoms. The number of nitrogens with one attached hydrogen (secondary N) is 1. The van der Waals surface area contributed by atoms with Gasteiger partial charge < -0.3 is 20.1 Å². The van der Waals surface area contributed by atoms with Crippen LogP contribution in [0.2, 0.25) is 0 Å². The first-order valence-electron chi connectivity index (χ1n) is 12.5. The average molecular weight is 558 g/mol. The Bertz CT molecular complexity index is 1440. The number of carboxylic acids is 1. The Labute approximate surface area is 226 Å².